The highest BCUT2D eigenvalue weighted by molar-refractivity contribution is 7.89. The molecule has 0 aliphatic heterocycles. The Kier molecular flexibility index (Phi) is 5.02. The maximum Gasteiger partial charge on any atom is 0.416 e. The first-order valence-electron chi connectivity index (χ1n) is 6.07. The lowest BCUT2D eigenvalue weighted by Gasteiger charge is -2.33. The van der Waals surface area contributed by atoms with E-state index in [0.29, 0.717) is 0 Å². The number of rotatable bonds is 4. The zero-order chi connectivity index (χ0) is 16.6. The molecule has 0 aliphatic carbocycles. The summed E-state index contributed by atoms with van der Waals surface area (Å²) in [6.07, 6.45) is -4.60. The van der Waals surface area contributed by atoms with Crippen LogP contribution >= 0.6 is 11.6 Å². The molecule has 0 amide bonds. The Labute approximate surface area is 127 Å². The molecule has 0 atom stereocenters. The number of nitrogens with zero attached hydrogens (tertiary/aromatic N) is 1. The first-order valence-corrected chi connectivity index (χ1v) is 8.05. The third kappa shape index (κ3) is 3.52. The van der Waals surface area contributed by atoms with Crippen LogP contribution in [0.3, 0.4) is 0 Å². The number of benzene rings is 1. The van der Waals surface area contributed by atoms with Crippen molar-refractivity contribution in [3.63, 3.8) is 0 Å². The molecule has 1 rings (SSSR count). The van der Waals surface area contributed by atoms with Crippen LogP contribution in [0.2, 0.25) is 0 Å². The Hall–Kier alpha value is -0.790. The normalized spacial score (nSPS) is 13.8. The third-order valence-corrected chi connectivity index (χ3v) is 6.27. The highest BCUT2D eigenvalue weighted by Gasteiger charge is 2.38. The van der Waals surface area contributed by atoms with Crippen LogP contribution in [0.5, 0.6) is 0 Å². The van der Waals surface area contributed by atoms with Crippen molar-refractivity contribution in [2.24, 2.45) is 0 Å². The average Bonchev–Trinajstić information content (AvgIpc) is 2.36. The monoisotopic (exact) mass is 343 g/mol. The second-order valence-corrected chi connectivity index (χ2v) is 7.55. The van der Waals surface area contributed by atoms with Crippen LogP contribution in [-0.4, -0.2) is 31.2 Å². The van der Waals surface area contributed by atoms with Gasteiger partial charge in [-0.1, -0.05) is 6.07 Å². The summed E-state index contributed by atoms with van der Waals surface area (Å²) in [5.41, 5.74) is -2.19. The third-order valence-electron chi connectivity index (χ3n) is 3.41. The summed E-state index contributed by atoms with van der Waals surface area (Å²) >= 11 is 5.74. The van der Waals surface area contributed by atoms with E-state index in [1.165, 1.54) is 13.1 Å². The van der Waals surface area contributed by atoms with Gasteiger partial charge in [0.25, 0.3) is 0 Å². The molecule has 0 aliphatic rings. The predicted octanol–water partition coefficient (Wildman–Crippen LogP) is 3.65. The highest BCUT2D eigenvalue weighted by atomic mass is 35.5. The Morgan fingerprint density at radius 2 is 1.76 bits per heavy atom. The SMILES string of the molecule is Cc1c(C(F)(F)F)cccc1S(=O)(=O)N(C)C(C)(C)CCl. The molecule has 0 radical (unpaired) electrons. The number of halogens is 4. The Morgan fingerprint density at radius 3 is 2.19 bits per heavy atom. The minimum atomic E-state index is -4.60. The van der Waals surface area contributed by atoms with E-state index in [1.54, 1.807) is 13.8 Å². The first kappa shape index (κ1) is 18.3. The zero-order valence-electron chi connectivity index (χ0n) is 12.1. The fraction of sp³-hybridized carbons (Fsp3) is 0.538. The summed E-state index contributed by atoms with van der Waals surface area (Å²) in [6.45, 7) is 4.35. The van der Waals surface area contributed by atoms with Crippen molar-refractivity contribution in [3.8, 4) is 0 Å². The topological polar surface area (TPSA) is 37.4 Å². The molecule has 0 spiro atoms. The van der Waals surface area contributed by atoms with Crippen LogP contribution < -0.4 is 0 Å². The van der Waals surface area contributed by atoms with Gasteiger partial charge in [0.1, 0.15) is 0 Å². The van der Waals surface area contributed by atoms with Crippen molar-refractivity contribution in [2.75, 3.05) is 12.9 Å². The van der Waals surface area contributed by atoms with E-state index in [0.717, 1.165) is 23.4 Å². The van der Waals surface area contributed by atoms with E-state index < -0.39 is 27.3 Å². The van der Waals surface area contributed by atoms with Crippen molar-refractivity contribution in [1.82, 2.24) is 4.31 Å². The predicted molar refractivity (Wildman–Crippen MR) is 75.9 cm³/mol. The number of hydrogen-bond donors (Lipinski definition) is 0. The van der Waals surface area contributed by atoms with Crippen molar-refractivity contribution >= 4 is 21.6 Å². The molecular weight excluding hydrogens is 327 g/mol. The van der Waals surface area contributed by atoms with Gasteiger partial charge in [-0.2, -0.15) is 17.5 Å². The van der Waals surface area contributed by atoms with Gasteiger partial charge in [0, 0.05) is 18.5 Å². The molecular formula is C13H17ClF3NO2S. The molecule has 1 aromatic carbocycles. The van der Waals surface area contributed by atoms with Gasteiger partial charge in [0.2, 0.25) is 10.0 Å². The van der Waals surface area contributed by atoms with Crippen LogP contribution in [0.1, 0.15) is 25.0 Å². The summed E-state index contributed by atoms with van der Waals surface area (Å²) in [5, 5.41) is 0. The lowest BCUT2D eigenvalue weighted by Crippen LogP contribution is -2.46. The largest absolute Gasteiger partial charge is 0.416 e. The van der Waals surface area contributed by atoms with Gasteiger partial charge in [-0.3, -0.25) is 0 Å². The lowest BCUT2D eigenvalue weighted by atomic mass is 10.1. The van der Waals surface area contributed by atoms with Gasteiger partial charge in [-0.05, 0) is 38.5 Å². The molecule has 3 nitrogen and oxygen atoms in total. The molecule has 8 heteroatoms. The van der Waals surface area contributed by atoms with Crippen LogP contribution in [0.15, 0.2) is 23.1 Å². The maximum atomic E-state index is 12.9. The second-order valence-electron chi connectivity index (χ2n) is 5.35. The van der Waals surface area contributed by atoms with E-state index in [4.69, 9.17) is 11.6 Å². The van der Waals surface area contributed by atoms with E-state index in [1.807, 2.05) is 0 Å². The average molecular weight is 344 g/mol. The number of hydrogen-bond acceptors (Lipinski definition) is 2. The van der Waals surface area contributed by atoms with Gasteiger partial charge < -0.3 is 0 Å². The Bertz CT molecular complexity index is 627. The van der Waals surface area contributed by atoms with Crippen molar-refractivity contribution in [3.05, 3.63) is 29.3 Å². The summed E-state index contributed by atoms with van der Waals surface area (Å²) in [4.78, 5) is -0.363. The molecule has 0 saturated heterocycles. The zero-order valence-corrected chi connectivity index (χ0v) is 13.7. The van der Waals surface area contributed by atoms with Gasteiger partial charge in [0.05, 0.1) is 10.5 Å². The quantitative estimate of drug-likeness (QED) is 0.782. The molecule has 0 fully saturated rings. The van der Waals surface area contributed by atoms with Crippen LogP contribution in [0.4, 0.5) is 13.2 Å². The molecule has 0 aromatic heterocycles. The van der Waals surface area contributed by atoms with Gasteiger partial charge >= 0.3 is 6.18 Å². The van der Waals surface area contributed by atoms with Crippen LogP contribution in [0.25, 0.3) is 0 Å². The molecule has 0 N–H and O–H groups in total. The second kappa shape index (κ2) is 5.78. The lowest BCUT2D eigenvalue weighted by molar-refractivity contribution is -0.138. The van der Waals surface area contributed by atoms with E-state index in [-0.39, 0.29) is 16.3 Å². The van der Waals surface area contributed by atoms with Crippen molar-refractivity contribution in [1.29, 1.82) is 0 Å². The van der Waals surface area contributed by atoms with Gasteiger partial charge in [-0.15, -0.1) is 11.6 Å². The van der Waals surface area contributed by atoms with Crippen LogP contribution in [0, 0.1) is 6.92 Å². The first-order chi connectivity index (χ1) is 9.35. The smallest absolute Gasteiger partial charge is 0.207 e. The summed E-state index contributed by atoms with van der Waals surface area (Å²) in [6, 6.07) is 3.12. The minimum absolute atomic E-state index is 0.0146. The van der Waals surface area contributed by atoms with E-state index in [9.17, 15) is 21.6 Å². The minimum Gasteiger partial charge on any atom is -0.207 e. The van der Waals surface area contributed by atoms with Crippen molar-refractivity contribution in [2.45, 2.75) is 37.4 Å². The maximum absolute atomic E-state index is 12.9. The molecule has 0 saturated carbocycles. The molecule has 0 heterocycles. The highest BCUT2D eigenvalue weighted by Crippen LogP contribution is 2.35. The van der Waals surface area contributed by atoms with Crippen LogP contribution in [-0.2, 0) is 16.2 Å². The fourth-order valence-corrected chi connectivity index (χ4v) is 3.77. The standard InChI is InChI=1S/C13H17ClF3NO2S/c1-9-10(13(15,16)17)6-5-7-11(9)21(19,20)18(4)12(2,3)8-14/h5-7H,8H2,1-4H3. The number of alkyl halides is 4. The molecule has 120 valence electrons. The van der Waals surface area contributed by atoms with E-state index >= 15 is 0 Å². The molecule has 21 heavy (non-hydrogen) atoms. The summed E-state index contributed by atoms with van der Waals surface area (Å²) in [5.74, 6) is 0.0146. The summed E-state index contributed by atoms with van der Waals surface area (Å²) < 4.78 is 64.7. The fourth-order valence-electron chi connectivity index (χ4n) is 1.76. The van der Waals surface area contributed by atoms with Gasteiger partial charge in [0.15, 0.2) is 0 Å². The molecule has 0 bridgehead atoms. The van der Waals surface area contributed by atoms with E-state index in [2.05, 4.69) is 0 Å². The van der Waals surface area contributed by atoms with Crippen molar-refractivity contribution < 1.29 is 21.6 Å². The molecule has 1 aromatic rings. The summed E-state index contributed by atoms with van der Waals surface area (Å²) in [7, 11) is -2.77. The Balaban J connectivity index is 3.48. The van der Waals surface area contributed by atoms with Gasteiger partial charge in [-0.25, -0.2) is 8.42 Å². The number of sulfonamides is 1. The Morgan fingerprint density at radius 1 is 1.24 bits per heavy atom. The molecule has 0 unspecified atom stereocenters.